The zero-order chi connectivity index (χ0) is 12.3. The van der Waals surface area contributed by atoms with Crippen molar-refractivity contribution in [3.63, 3.8) is 0 Å². The lowest BCUT2D eigenvalue weighted by atomic mass is 10.2. The molecule has 0 bridgehead atoms. The molecule has 0 fully saturated rings. The van der Waals surface area contributed by atoms with Gasteiger partial charge in [0.2, 0.25) is 0 Å². The molecular formula is C13H11ClFNO. The molecular weight excluding hydrogens is 241 g/mol. The highest BCUT2D eigenvalue weighted by Crippen LogP contribution is 2.29. The molecule has 0 aromatic heterocycles. The molecule has 0 unspecified atom stereocenters. The first-order valence-electron chi connectivity index (χ1n) is 5.11. The van der Waals surface area contributed by atoms with E-state index in [4.69, 9.17) is 22.1 Å². The van der Waals surface area contributed by atoms with Gasteiger partial charge in [0, 0.05) is 17.1 Å². The number of hydrogen-bond acceptors (Lipinski definition) is 2. The molecule has 2 N–H and O–H groups in total. The Labute approximate surface area is 104 Å². The van der Waals surface area contributed by atoms with Crippen LogP contribution in [-0.2, 0) is 6.54 Å². The van der Waals surface area contributed by atoms with Gasteiger partial charge in [-0.2, -0.15) is 0 Å². The Balaban J connectivity index is 2.35. The highest BCUT2D eigenvalue weighted by Gasteiger charge is 2.09. The monoisotopic (exact) mass is 251 g/mol. The van der Waals surface area contributed by atoms with Crippen LogP contribution in [0.25, 0.3) is 0 Å². The lowest BCUT2D eigenvalue weighted by Crippen LogP contribution is -2.01. The van der Waals surface area contributed by atoms with Gasteiger partial charge in [0.1, 0.15) is 5.75 Å². The average Bonchev–Trinajstić information content (AvgIpc) is 2.32. The molecule has 0 spiro atoms. The number of benzene rings is 2. The Bertz CT molecular complexity index is 531. The number of hydrogen-bond donors (Lipinski definition) is 1. The van der Waals surface area contributed by atoms with Crippen molar-refractivity contribution < 1.29 is 9.13 Å². The lowest BCUT2D eigenvalue weighted by Gasteiger charge is -2.10. The summed E-state index contributed by atoms with van der Waals surface area (Å²) in [5, 5.41) is 0.535. The fraction of sp³-hybridized carbons (Fsp3) is 0.0769. The van der Waals surface area contributed by atoms with Crippen LogP contribution in [0.1, 0.15) is 5.56 Å². The van der Waals surface area contributed by atoms with Crippen molar-refractivity contribution in [2.45, 2.75) is 6.54 Å². The lowest BCUT2D eigenvalue weighted by molar-refractivity contribution is 0.436. The maximum Gasteiger partial charge on any atom is 0.167 e. The van der Waals surface area contributed by atoms with Gasteiger partial charge in [0.25, 0.3) is 0 Å². The predicted octanol–water partition coefficient (Wildman–Crippen LogP) is 3.73. The summed E-state index contributed by atoms with van der Waals surface area (Å²) in [6, 6.07) is 11.4. The third kappa shape index (κ3) is 2.75. The second-order valence-electron chi connectivity index (χ2n) is 3.49. The normalized spacial score (nSPS) is 10.3. The van der Waals surface area contributed by atoms with Gasteiger partial charge in [-0.05, 0) is 24.3 Å². The first-order chi connectivity index (χ1) is 8.20. The van der Waals surface area contributed by atoms with Crippen molar-refractivity contribution in [2.24, 2.45) is 5.73 Å². The minimum absolute atomic E-state index is 0.150. The van der Waals surface area contributed by atoms with Crippen LogP contribution in [0, 0.1) is 5.82 Å². The van der Waals surface area contributed by atoms with Crippen LogP contribution in [0.5, 0.6) is 11.5 Å². The quantitative estimate of drug-likeness (QED) is 0.902. The summed E-state index contributed by atoms with van der Waals surface area (Å²) in [5.41, 5.74) is 6.15. The molecule has 2 aromatic rings. The summed E-state index contributed by atoms with van der Waals surface area (Å²) < 4.78 is 19.1. The zero-order valence-electron chi connectivity index (χ0n) is 8.99. The highest BCUT2D eigenvalue weighted by molar-refractivity contribution is 6.30. The first-order valence-corrected chi connectivity index (χ1v) is 5.49. The minimum Gasteiger partial charge on any atom is -0.454 e. The van der Waals surface area contributed by atoms with E-state index < -0.39 is 5.82 Å². The summed E-state index contributed by atoms with van der Waals surface area (Å²) in [5.74, 6) is 0.197. The average molecular weight is 252 g/mol. The smallest absolute Gasteiger partial charge is 0.167 e. The van der Waals surface area contributed by atoms with E-state index >= 15 is 0 Å². The highest BCUT2D eigenvalue weighted by atomic mass is 35.5. The molecule has 0 saturated heterocycles. The minimum atomic E-state index is -0.437. The van der Waals surface area contributed by atoms with Crippen molar-refractivity contribution in [1.29, 1.82) is 0 Å². The van der Waals surface area contributed by atoms with E-state index in [0.717, 1.165) is 0 Å². The van der Waals surface area contributed by atoms with E-state index in [9.17, 15) is 4.39 Å². The summed E-state index contributed by atoms with van der Waals surface area (Å²) in [6.07, 6.45) is 0. The van der Waals surface area contributed by atoms with Crippen LogP contribution in [0.4, 0.5) is 4.39 Å². The molecule has 2 aromatic carbocycles. The van der Waals surface area contributed by atoms with Crippen LogP contribution in [0.15, 0.2) is 42.5 Å². The summed E-state index contributed by atoms with van der Waals surface area (Å²) in [4.78, 5) is 0. The maximum absolute atomic E-state index is 13.6. The fourth-order valence-corrected chi connectivity index (χ4v) is 1.66. The molecule has 0 heterocycles. The molecule has 0 aliphatic heterocycles. The van der Waals surface area contributed by atoms with Gasteiger partial charge in [-0.15, -0.1) is 0 Å². The van der Waals surface area contributed by atoms with Crippen LogP contribution in [0.2, 0.25) is 5.02 Å². The molecule has 0 atom stereocenters. The van der Waals surface area contributed by atoms with E-state index in [-0.39, 0.29) is 12.3 Å². The third-order valence-electron chi connectivity index (χ3n) is 2.28. The van der Waals surface area contributed by atoms with E-state index in [1.807, 2.05) is 0 Å². The third-order valence-corrected chi connectivity index (χ3v) is 2.52. The van der Waals surface area contributed by atoms with E-state index in [0.29, 0.717) is 16.3 Å². The number of para-hydroxylation sites is 1. The van der Waals surface area contributed by atoms with Gasteiger partial charge >= 0.3 is 0 Å². The molecule has 88 valence electrons. The molecule has 2 rings (SSSR count). The van der Waals surface area contributed by atoms with Gasteiger partial charge in [-0.3, -0.25) is 0 Å². The zero-order valence-corrected chi connectivity index (χ0v) is 9.75. The molecule has 17 heavy (non-hydrogen) atoms. The largest absolute Gasteiger partial charge is 0.454 e. The number of rotatable bonds is 3. The second-order valence-corrected chi connectivity index (χ2v) is 3.93. The van der Waals surface area contributed by atoms with Crippen molar-refractivity contribution in [1.82, 2.24) is 0 Å². The number of ether oxygens (including phenoxy) is 1. The molecule has 0 aliphatic carbocycles. The van der Waals surface area contributed by atoms with E-state index in [1.54, 1.807) is 36.4 Å². The molecule has 0 amide bonds. The molecule has 0 saturated carbocycles. The maximum atomic E-state index is 13.6. The van der Waals surface area contributed by atoms with Crippen LogP contribution in [0.3, 0.4) is 0 Å². The molecule has 4 heteroatoms. The standard InChI is InChI=1S/C13H11ClFNO/c14-10-4-2-5-11(7-10)17-13-9(8-16)3-1-6-12(13)15/h1-7H,8,16H2. The molecule has 0 radical (unpaired) electrons. The Morgan fingerprint density at radius 3 is 2.65 bits per heavy atom. The van der Waals surface area contributed by atoms with Crippen molar-refractivity contribution in [2.75, 3.05) is 0 Å². The Morgan fingerprint density at radius 2 is 1.94 bits per heavy atom. The summed E-state index contributed by atoms with van der Waals surface area (Å²) in [6.45, 7) is 0.216. The van der Waals surface area contributed by atoms with Crippen LogP contribution < -0.4 is 10.5 Å². The molecule has 0 aliphatic rings. The summed E-state index contributed by atoms with van der Waals surface area (Å²) in [7, 11) is 0. The molecule has 2 nitrogen and oxygen atoms in total. The van der Waals surface area contributed by atoms with Gasteiger partial charge in [-0.1, -0.05) is 29.8 Å². The van der Waals surface area contributed by atoms with Gasteiger partial charge in [-0.25, -0.2) is 4.39 Å². The van der Waals surface area contributed by atoms with Crippen LogP contribution in [-0.4, -0.2) is 0 Å². The van der Waals surface area contributed by atoms with Crippen molar-refractivity contribution in [3.8, 4) is 11.5 Å². The van der Waals surface area contributed by atoms with Crippen LogP contribution >= 0.6 is 11.6 Å². The van der Waals surface area contributed by atoms with Gasteiger partial charge in [0.05, 0.1) is 0 Å². The first kappa shape index (κ1) is 11.9. The topological polar surface area (TPSA) is 35.2 Å². The number of halogens is 2. The number of nitrogens with two attached hydrogens (primary N) is 1. The Hall–Kier alpha value is -1.58. The van der Waals surface area contributed by atoms with Gasteiger partial charge in [0.15, 0.2) is 11.6 Å². The van der Waals surface area contributed by atoms with E-state index in [2.05, 4.69) is 0 Å². The predicted molar refractivity (Wildman–Crippen MR) is 65.8 cm³/mol. The van der Waals surface area contributed by atoms with Crippen molar-refractivity contribution in [3.05, 3.63) is 58.9 Å². The van der Waals surface area contributed by atoms with Gasteiger partial charge < -0.3 is 10.5 Å². The fourth-order valence-electron chi connectivity index (χ4n) is 1.48. The van der Waals surface area contributed by atoms with Crippen molar-refractivity contribution >= 4 is 11.6 Å². The second kappa shape index (κ2) is 5.17. The summed E-state index contributed by atoms with van der Waals surface area (Å²) >= 11 is 5.83. The Kier molecular flexibility index (Phi) is 3.61. The van der Waals surface area contributed by atoms with E-state index in [1.165, 1.54) is 6.07 Å². The SMILES string of the molecule is NCc1cccc(F)c1Oc1cccc(Cl)c1. The Morgan fingerprint density at radius 1 is 1.18 bits per heavy atom.